The molecule has 2 N–H and O–H groups in total. The van der Waals surface area contributed by atoms with Gasteiger partial charge in [-0.15, -0.1) is 11.3 Å². The van der Waals surface area contributed by atoms with Gasteiger partial charge < -0.3 is 10.0 Å². The molecule has 1 aliphatic heterocycles. The Hall–Kier alpha value is -2.14. The first kappa shape index (κ1) is 13.8. The van der Waals surface area contributed by atoms with E-state index in [1.165, 1.54) is 16.9 Å². The number of nitrogens with one attached hydrogen (secondary N) is 1. The number of aryl methyl sites for hydroxylation is 3. The zero-order chi connectivity index (χ0) is 15.1. The molecule has 1 aromatic carbocycles. The molecule has 0 amide bonds. The van der Waals surface area contributed by atoms with E-state index in [4.69, 9.17) is 5.41 Å². The highest BCUT2D eigenvalue weighted by Gasteiger charge is 2.31. The molecule has 0 fully saturated rings. The number of thiazole rings is 1. The van der Waals surface area contributed by atoms with Crippen LogP contribution in [0, 0.1) is 26.2 Å². The number of anilines is 1. The van der Waals surface area contributed by atoms with E-state index in [1.807, 2.05) is 45.0 Å². The Morgan fingerprint density at radius 2 is 1.86 bits per heavy atom. The van der Waals surface area contributed by atoms with Crippen molar-refractivity contribution in [2.75, 3.05) is 11.4 Å². The smallest absolute Gasteiger partial charge is 0.139 e. The van der Waals surface area contributed by atoms with Gasteiger partial charge in [0.05, 0.1) is 17.8 Å². The highest BCUT2D eigenvalue weighted by molar-refractivity contribution is 7.13. The van der Waals surface area contributed by atoms with Crippen LogP contribution < -0.4 is 4.90 Å². The minimum atomic E-state index is 0.217. The zero-order valence-electron chi connectivity index (χ0n) is 12.3. The lowest BCUT2D eigenvalue weighted by molar-refractivity contribution is 0.411. The predicted octanol–water partition coefficient (Wildman–Crippen LogP) is 3.83. The van der Waals surface area contributed by atoms with Gasteiger partial charge in [-0.3, -0.25) is 5.41 Å². The molecule has 21 heavy (non-hydrogen) atoms. The van der Waals surface area contributed by atoms with Gasteiger partial charge in [-0.2, -0.15) is 0 Å². The summed E-state index contributed by atoms with van der Waals surface area (Å²) in [7, 11) is 0. The van der Waals surface area contributed by atoms with Crippen molar-refractivity contribution in [2.45, 2.75) is 20.8 Å². The summed E-state index contributed by atoms with van der Waals surface area (Å²) in [4.78, 5) is 7.39. The molecular weight excluding hydrogens is 282 g/mol. The molecule has 2 heterocycles. The standard InChI is InChI=1S/C16H17N3OS/c1-9-4-6-12(7-5-9)19-8-13(20)14(15(19)17)16-18-10(2)11(3)21-16/h4-7,17,20H,8H2,1-3H3. The predicted molar refractivity (Wildman–Crippen MR) is 87.4 cm³/mol. The van der Waals surface area contributed by atoms with E-state index in [9.17, 15) is 5.11 Å². The average molecular weight is 299 g/mol. The van der Waals surface area contributed by atoms with Crippen molar-refractivity contribution in [1.82, 2.24) is 4.98 Å². The molecule has 2 aromatic rings. The molecule has 0 saturated carbocycles. The minimum absolute atomic E-state index is 0.217. The fourth-order valence-corrected chi connectivity index (χ4v) is 3.31. The summed E-state index contributed by atoms with van der Waals surface area (Å²) in [6.45, 7) is 6.31. The first-order valence-corrected chi connectivity index (χ1v) is 7.58. The van der Waals surface area contributed by atoms with Crippen molar-refractivity contribution in [3.8, 4) is 0 Å². The Labute approximate surface area is 127 Å². The van der Waals surface area contributed by atoms with Gasteiger partial charge in [0.15, 0.2) is 0 Å². The van der Waals surface area contributed by atoms with Crippen LogP contribution in [0.25, 0.3) is 5.57 Å². The normalized spacial score (nSPS) is 15.2. The number of nitrogens with zero attached hydrogens (tertiary/aromatic N) is 2. The summed E-state index contributed by atoms with van der Waals surface area (Å²) in [6.07, 6.45) is 0. The van der Waals surface area contributed by atoms with Crippen molar-refractivity contribution >= 4 is 28.4 Å². The molecule has 4 nitrogen and oxygen atoms in total. The van der Waals surface area contributed by atoms with Gasteiger partial charge >= 0.3 is 0 Å². The number of aliphatic hydroxyl groups is 1. The highest BCUT2D eigenvalue weighted by Crippen LogP contribution is 2.33. The van der Waals surface area contributed by atoms with Crippen LogP contribution >= 0.6 is 11.3 Å². The summed E-state index contributed by atoms with van der Waals surface area (Å²) < 4.78 is 0. The van der Waals surface area contributed by atoms with Crippen LogP contribution in [0.4, 0.5) is 5.69 Å². The molecule has 1 aromatic heterocycles. The number of hydrogen-bond acceptors (Lipinski definition) is 4. The summed E-state index contributed by atoms with van der Waals surface area (Å²) in [5.41, 5.74) is 3.60. The third-order valence-corrected chi connectivity index (χ3v) is 4.78. The lowest BCUT2D eigenvalue weighted by Gasteiger charge is -2.18. The molecule has 3 rings (SSSR count). The second kappa shape index (κ2) is 5.00. The Balaban J connectivity index is 1.95. The Kier molecular flexibility index (Phi) is 3.29. The van der Waals surface area contributed by atoms with Crippen molar-refractivity contribution < 1.29 is 5.11 Å². The lowest BCUT2D eigenvalue weighted by atomic mass is 10.2. The monoisotopic (exact) mass is 299 g/mol. The van der Waals surface area contributed by atoms with Crippen LogP contribution in [-0.2, 0) is 0 Å². The van der Waals surface area contributed by atoms with Crippen LogP contribution in [0.2, 0.25) is 0 Å². The van der Waals surface area contributed by atoms with E-state index < -0.39 is 0 Å². The van der Waals surface area contributed by atoms with Gasteiger partial charge in [-0.05, 0) is 32.9 Å². The zero-order valence-corrected chi connectivity index (χ0v) is 13.1. The quantitative estimate of drug-likeness (QED) is 0.886. The van der Waals surface area contributed by atoms with Crippen molar-refractivity contribution in [3.63, 3.8) is 0 Å². The van der Waals surface area contributed by atoms with Gasteiger partial charge in [-0.1, -0.05) is 17.7 Å². The van der Waals surface area contributed by atoms with Crippen LogP contribution in [0.5, 0.6) is 0 Å². The number of aliphatic hydroxyl groups excluding tert-OH is 1. The minimum Gasteiger partial charge on any atom is -0.510 e. The maximum absolute atomic E-state index is 10.3. The van der Waals surface area contributed by atoms with E-state index in [0.717, 1.165) is 21.3 Å². The fraction of sp³-hybridized carbons (Fsp3) is 0.250. The van der Waals surface area contributed by atoms with Gasteiger partial charge in [0, 0.05) is 10.6 Å². The highest BCUT2D eigenvalue weighted by atomic mass is 32.1. The molecule has 0 unspecified atom stereocenters. The van der Waals surface area contributed by atoms with E-state index in [2.05, 4.69) is 4.98 Å². The SMILES string of the molecule is Cc1ccc(N2CC(O)=C(c3nc(C)c(C)s3)C2=N)cc1. The van der Waals surface area contributed by atoms with E-state index in [0.29, 0.717) is 18.0 Å². The van der Waals surface area contributed by atoms with E-state index in [1.54, 1.807) is 4.90 Å². The molecule has 5 heteroatoms. The summed E-state index contributed by atoms with van der Waals surface area (Å²) in [5.74, 6) is 0.527. The first-order valence-electron chi connectivity index (χ1n) is 6.77. The Bertz CT molecular complexity index is 724. The number of benzene rings is 1. The summed E-state index contributed by atoms with van der Waals surface area (Å²) >= 11 is 1.52. The molecule has 0 aliphatic carbocycles. The van der Waals surface area contributed by atoms with Crippen LogP contribution in [0.3, 0.4) is 0 Å². The second-order valence-corrected chi connectivity index (χ2v) is 6.46. The van der Waals surface area contributed by atoms with Gasteiger partial charge in [0.25, 0.3) is 0 Å². The average Bonchev–Trinajstić information content (AvgIpc) is 2.91. The first-order chi connectivity index (χ1) is 9.97. The summed E-state index contributed by atoms with van der Waals surface area (Å²) in [5, 5.41) is 19.4. The van der Waals surface area contributed by atoms with Crippen LogP contribution in [-0.4, -0.2) is 22.5 Å². The molecule has 0 bridgehead atoms. The molecular formula is C16H17N3OS. The summed E-state index contributed by atoms with van der Waals surface area (Å²) in [6, 6.07) is 7.96. The van der Waals surface area contributed by atoms with Crippen molar-refractivity contribution in [1.29, 1.82) is 5.41 Å². The van der Waals surface area contributed by atoms with Gasteiger partial charge in [-0.25, -0.2) is 4.98 Å². The van der Waals surface area contributed by atoms with E-state index >= 15 is 0 Å². The fourth-order valence-electron chi connectivity index (χ4n) is 2.33. The second-order valence-electron chi connectivity index (χ2n) is 5.25. The third-order valence-electron chi connectivity index (χ3n) is 3.69. The van der Waals surface area contributed by atoms with E-state index in [-0.39, 0.29) is 5.76 Å². The number of hydrogen-bond donors (Lipinski definition) is 2. The molecule has 108 valence electrons. The van der Waals surface area contributed by atoms with Crippen molar-refractivity contribution in [2.24, 2.45) is 0 Å². The van der Waals surface area contributed by atoms with Gasteiger partial charge in [0.2, 0.25) is 0 Å². The van der Waals surface area contributed by atoms with Crippen LogP contribution in [0.1, 0.15) is 21.1 Å². The van der Waals surface area contributed by atoms with Crippen LogP contribution in [0.15, 0.2) is 30.0 Å². The maximum atomic E-state index is 10.3. The number of amidine groups is 1. The van der Waals surface area contributed by atoms with Crippen molar-refractivity contribution in [3.05, 3.63) is 51.2 Å². The lowest BCUT2D eigenvalue weighted by Crippen LogP contribution is -2.25. The largest absolute Gasteiger partial charge is 0.510 e. The maximum Gasteiger partial charge on any atom is 0.139 e. The molecule has 1 aliphatic rings. The third kappa shape index (κ3) is 2.34. The molecule has 0 saturated heterocycles. The Morgan fingerprint density at radius 3 is 2.43 bits per heavy atom. The molecule has 0 spiro atoms. The number of aromatic nitrogens is 1. The number of rotatable bonds is 2. The topological polar surface area (TPSA) is 60.2 Å². The molecule has 0 atom stereocenters. The molecule has 0 radical (unpaired) electrons. The Morgan fingerprint density at radius 1 is 1.19 bits per heavy atom. The van der Waals surface area contributed by atoms with Gasteiger partial charge in [0.1, 0.15) is 16.6 Å².